The third kappa shape index (κ3) is 5.16. The average Bonchev–Trinajstić information content (AvgIpc) is 2.37. The second kappa shape index (κ2) is 7.45. The highest BCUT2D eigenvalue weighted by atomic mass is 16.4. The zero-order valence-corrected chi connectivity index (χ0v) is 12.1. The van der Waals surface area contributed by atoms with Gasteiger partial charge < -0.3 is 15.3 Å². The summed E-state index contributed by atoms with van der Waals surface area (Å²) in [4.78, 5) is 26.6. The fourth-order valence-electron chi connectivity index (χ4n) is 2.14. The van der Waals surface area contributed by atoms with Gasteiger partial charge in [0.25, 0.3) is 0 Å². The minimum absolute atomic E-state index is 0.149. The summed E-state index contributed by atoms with van der Waals surface area (Å²) in [6, 6.07) is -0.0825. The average molecular weight is 271 g/mol. The zero-order chi connectivity index (χ0) is 14.4. The first-order valence-corrected chi connectivity index (χ1v) is 6.90. The fourth-order valence-corrected chi connectivity index (χ4v) is 2.14. The van der Waals surface area contributed by atoms with Crippen LogP contribution in [0.25, 0.3) is 0 Å². The van der Waals surface area contributed by atoms with Gasteiger partial charge in [-0.05, 0) is 6.92 Å². The third-order valence-electron chi connectivity index (χ3n) is 3.46. The molecule has 0 aromatic carbocycles. The minimum atomic E-state index is -0.805. The number of amides is 1. The van der Waals surface area contributed by atoms with Gasteiger partial charge in [0, 0.05) is 45.2 Å². The minimum Gasteiger partial charge on any atom is -0.480 e. The second-order valence-corrected chi connectivity index (χ2v) is 5.29. The Morgan fingerprint density at radius 2 is 1.74 bits per heavy atom. The molecule has 0 spiro atoms. The van der Waals surface area contributed by atoms with Crippen LogP contribution in [0.5, 0.6) is 0 Å². The van der Waals surface area contributed by atoms with Gasteiger partial charge in [0.05, 0.1) is 0 Å². The maximum absolute atomic E-state index is 11.9. The van der Waals surface area contributed by atoms with Crippen LogP contribution >= 0.6 is 0 Å². The molecule has 1 saturated heterocycles. The molecule has 19 heavy (non-hydrogen) atoms. The number of hydrogen-bond acceptors (Lipinski definition) is 4. The first-order valence-electron chi connectivity index (χ1n) is 6.90. The highest BCUT2D eigenvalue weighted by molar-refractivity contribution is 5.76. The first kappa shape index (κ1) is 15.9. The highest BCUT2D eigenvalue weighted by Crippen LogP contribution is 2.07. The number of aliphatic carboxylic acids is 1. The van der Waals surface area contributed by atoms with Crippen molar-refractivity contribution in [3.8, 4) is 0 Å². The summed E-state index contributed by atoms with van der Waals surface area (Å²) in [6.45, 7) is 9.01. The highest BCUT2D eigenvalue weighted by Gasteiger charge is 2.26. The molecule has 0 bridgehead atoms. The quantitative estimate of drug-likeness (QED) is 0.711. The number of nitrogens with zero attached hydrogens (tertiary/aromatic N) is 2. The monoisotopic (exact) mass is 271 g/mol. The topological polar surface area (TPSA) is 72.9 Å². The fraction of sp³-hybridized carbons (Fsp3) is 0.846. The Bertz CT molecular complexity index is 312. The van der Waals surface area contributed by atoms with Gasteiger partial charge in [-0.3, -0.25) is 14.5 Å². The predicted molar refractivity (Wildman–Crippen MR) is 73.0 cm³/mol. The van der Waals surface area contributed by atoms with Crippen LogP contribution in [0.3, 0.4) is 0 Å². The van der Waals surface area contributed by atoms with Gasteiger partial charge in [0.1, 0.15) is 6.04 Å². The van der Waals surface area contributed by atoms with Crippen LogP contribution in [0.15, 0.2) is 0 Å². The molecule has 1 heterocycles. The van der Waals surface area contributed by atoms with Crippen LogP contribution < -0.4 is 5.32 Å². The number of carbonyl (C=O) groups is 2. The van der Waals surface area contributed by atoms with Gasteiger partial charge in [-0.1, -0.05) is 13.8 Å². The molecule has 6 heteroatoms. The number of piperazine rings is 1. The van der Waals surface area contributed by atoms with Crippen LogP contribution in [0.1, 0.15) is 27.2 Å². The smallest absolute Gasteiger partial charge is 0.320 e. The van der Waals surface area contributed by atoms with Crippen molar-refractivity contribution in [1.29, 1.82) is 0 Å². The van der Waals surface area contributed by atoms with Crippen molar-refractivity contribution in [1.82, 2.24) is 15.1 Å². The van der Waals surface area contributed by atoms with E-state index in [1.165, 1.54) is 0 Å². The van der Waals surface area contributed by atoms with Crippen molar-refractivity contribution in [2.75, 3.05) is 32.7 Å². The van der Waals surface area contributed by atoms with Crippen LogP contribution in [0, 0.1) is 0 Å². The molecular formula is C13H25N3O3. The Morgan fingerprint density at radius 1 is 1.16 bits per heavy atom. The van der Waals surface area contributed by atoms with E-state index >= 15 is 0 Å². The molecule has 0 aliphatic carbocycles. The SMILES string of the molecule is CC(C)NCCC(=O)N1CCN(C(C)C(=O)O)CC1. The van der Waals surface area contributed by atoms with Crippen LogP contribution in [-0.2, 0) is 9.59 Å². The lowest BCUT2D eigenvalue weighted by Gasteiger charge is -2.36. The first-order chi connectivity index (χ1) is 8.91. The molecule has 1 unspecified atom stereocenters. The normalized spacial score (nSPS) is 18.6. The lowest BCUT2D eigenvalue weighted by atomic mass is 10.2. The lowest BCUT2D eigenvalue weighted by molar-refractivity contribution is -0.144. The van der Waals surface area contributed by atoms with E-state index in [0.29, 0.717) is 45.2 Å². The summed E-state index contributed by atoms with van der Waals surface area (Å²) < 4.78 is 0. The third-order valence-corrected chi connectivity index (χ3v) is 3.46. The van der Waals surface area contributed by atoms with E-state index in [2.05, 4.69) is 19.2 Å². The van der Waals surface area contributed by atoms with Gasteiger partial charge in [-0.2, -0.15) is 0 Å². The molecule has 1 rings (SSSR count). The zero-order valence-electron chi connectivity index (χ0n) is 12.1. The number of carbonyl (C=O) groups excluding carboxylic acids is 1. The molecule has 1 amide bonds. The molecule has 0 aromatic heterocycles. The van der Waals surface area contributed by atoms with Crippen molar-refractivity contribution >= 4 is 11.9 Å². The van der Waals surface area contributed by atoms with Crippen LogP contribution in [-0.4, -0.2) is 71.6 Å². The number of carboxylic acid groups (broad SMARTS) is 1. The molecule has 1 fully saturated rings. The van der Waals surface area contributed by atoms with Crippen molar-refractivity contribution in [2.24, 2.45) is 0 Å². The summed E-state index contributed by atoms with van der Waals surface area (Å²) in [5.41, 5.74) is 0. The van der Waals surface area contributed by atoms with Crippen molar-refractivity contribution in [3.05, 3.63) is 0 Å². The maximum atomic E-state index is 11.9. The molecule has 0 saturated carbocycles. The van der Waals surface area contributed by atoms with Crippen molar-refractivity contribution < 1.29 is 14.7 Å². The van der Waals surface area contributed by atoms with E-state index in [1.54, 1.807) is 6.92 Å². The summed E-state index contributed by atoms with van der Waals surface area (Å²) in [7, 11) is 0. The second-order valence-electron chi connectivity index (χ2n) is 5.29. The van der Waals surface area contributed by atoms with E-state index in [0.717, 1.165) is 0 Å². The summed E-state index contributed by atoms with van der Waals surface area (Å²) in [5.74, 6) is -0.656. The molecule has 110 valence electrons. The van der Waals surface area contributed by atoms with E-state index < -0.39 is 12.0 Å². The lowest BCUT2D eigenvalue weighted by Crippen LogP contribution is -2.53. The molecule has 1 atom stereocenters. The number of nitrogens with one attached hydrogen (secondary N) is 1. The van der Waals surface area contributed by atoms with Gasteiger partial charge >= 0.3 is 5.97 Å². The molecule has 2 N–H and O–H groups in total. The summed E-state index contributed by atoms with van der Waals surface area (Å²) in [5, 5.41) is 12.2. The van der Waals surface area contributed by atoms with E-state index in [-0.39, 0.29) is 5.91 Å². The number of hydrogen-bond donors (Lipinski definition) is 2. The Labute approximate surface area is 114 Å². The Kier molecular flexibility index (Phi) is 6.24. The number of carboxylic acids is 1. The van der Waals surface area contributed by atoms with Gasteiger partial charge in [-0.25, -0.2) is 0 Å². The van der Waals surface area contributed by atoms with Crippen molar-refractivity contribution in [3.63, 3.8) is 0 Å². The molecular weight excluding hydrogens is 246 g/mol. The molecule has 0 aromatic rings. The Morgan fingerprint density at radius 3 is 2.21 bits per heavy atom. The summed E-state index contributed by atoms with van der Waals surface area (Å²) in [6.07, 6.45) is 0.507. The van der Waals surface area contributed by atoms with Gasteiger partial charge in [0.15, 0.2) is 0 Å². The molecule has 0 radical (unpaired) electrons. The Hall–Kier alpha value is -1.14. The van der Waals surface area contributed by atoms with E-state index in [1.807, 2.05) is 9.80 Å². The van der Waals surface area contributed by atoms with Crippen LogP contribution in [0.2, 0.25) is 0 Å². The molecule has 1 aliphatic rings. The van der Waals surface area contributed by atoms with Gasteiger partial charge in [0.2, 0.25) is 5.91 Å². The van der Waals surface area contributed by atoms with E-state index in [4.69, 9.17) is 5.11 Å². The Balaban J connectivity index is 2.29. The van der Waals surface area contributed by atoms with Crippen molar-refractivity contribution in [2.45, 2.75) is 39.3 Å². The predicted octanol–water partition coefficient (Wildman–Crippen LogP) is -0.00820. The maximum Gasteiger partial charge on any atom is 0.320 e. The van der Waals surface area contributed by atoms with Gasteiger partial charge in [-0.15, -0.1) is 0 Å². The van der Waals surface area contributed by atoms with Crippen LogP contribution in [0.4, 0.5) is 0 Å². The molecule has 1 aliphatic heterocycles. The summed E-state index contributed by atoms with van der Waals surface area (Å²) >= 11 is 0. The number of rotatable bonds is 6. The largest absolute Gasteiger partial charge is 0.480 e. The van der Waals surface area contributed by atoms with E-state index in [9.17, 15) is 9.59 Å². The standard InChI is InChI=1S/C13H25N3O3/c1-10(2)14-5-4-12(17)16-8-6-15(7-9-16)11(3)13(18)19/h10-11,14H,4-9H2,1-3H3,(H,18,19). The molecule has 6 nitrogen and oxygen atoms in total.